The number of ether oxygens (including phenoxy) is 1. The summed E-state index contributed by atoms with van der Waals surface area (Å²) in [6.45, 7) is 1.17. The van der Waals surface area contributed by atoms with E-state index in [0.717, 1.165) is 28.1 Å². The second kappa shape index (κ2) is 8.40. The molecule has 1 saturated heterocycles. The van der Waals surface area contributed by atoms with E-state index in [4.69, 9.17) is 9.72 Å². The summed E-state index contributed by atoms with van der Waals surface area (Å²) in [6.07, 6.45) is 6.84. The molecule has 0 aliphatic carbocycles. The Balaban J connectivity index is 1.53. The molecule has 5 heterocycles. The number of benzene rings is 2. The predicted octanol–water partition coefficient (Wildman–Crippen LogP) is 2.97. The van der Waals surface area contributed by atoms with Crippen LogP contribution in [0.15, 0.2) is 54.0 Å². The molecule has 39 heavy (non-hydrogen) atoms. The molecule has 0 spiro atoms. The fraction of sp³-hybridized carbons (Fsp3) is 0.259. The van der Waals surface area contributed by atoms with Crippen LogP contribution >= 0.6 is 0 Å². The van der Waals surface area contributed by atoms with Gasteiger partial charge in [0.05, 0.1) is 71.4 Å². The number of rotatable bonds is 5. The molecule has 0 radical (unpaired) electrons. The van der Waals surface area contributed by atoms with Crippen molar-refractivity contribution < 1.29 is 9.13 Å². The van der Waals surface area contributed by atoms with E-state index in [2.05, 4.69) is 15.4 Å². The van der Waals surface area contributed by atoms with E-state index in [1.807, 2.05) is 28.3 Å². The summed E-state index contributed by atoms with van der Waals surface area (Å²) >= 11 is 0. The second-order valence-electron chi connectivity index (χ2n) is 10.0. The first-order valence-electron chi connectivity index (χ1n) is 12.5. The molecule has 1 aliphatic heterocycles. The molecule has 0 atom stereocenters. The maximum Gasteiger partial charge on any atom is 0.328 e. The second-order valence-corrected chi connectivity index (χ2v) is 10.0. The third kappa shape index (κ3) is 3.52. The molecule has 12 heteroatoms. The summed E-state index contributed by atoms with van der Waals surface area (Å²) < 4.78 is 29.7. The summed E-state index contributed by atoms with van der Waals surface area (Å²) in [7, 11) is 7.19. The van der Waals surface area contributed by atoms with E-state index in [1.54, 1.807) is 65.9 Å². The highest BCUT2D eigenvalue weighted by Crippen LogP contribution is 2.36. The van der Waals surface area contributed by atoms with Crippen LogP contribution in [0.2, 0.25) is 0 Å². The first-order chi connectivity index (χ1) is 18.8. The summed E-state index contributed by atoms with van der Waals surface area (Å²) in [4.78, 5) is 22.2. The zero-order valence-corrected chi connectivity index (χ0v) is 21.9. The maximum atomic E-state index is 15.6. The van der Waals surface area contributed by atoms with E-state index in [0.29, 0.717) is 41.2 Å². The average Bonchev–Trinajstić information content (AvgIpc) is 3.64. The topological polar surface area (TPSA) is 102 Å². The van der Waals surface area contributed by atoms with Gasteiger partial charge in [-0.1, -0.05) is 0 Å². The molecule has 6 aromatic rings. The minimum absolute atomic E-state index is 0.134. The molecule has 0 amide bonds. The van der Waals surface area contributed by atoms with Crippen LogP contribution in [0.25, 0.3) is 50.4 Å². The molecule has 1 fully saturated rings. The number of nitrogens with one attached hydrogen (secondary N) is 1. The molecule has 11 nitrogen and oxygen atoms in total. The number of hydrogen-bond acceptors (Lipinski definition) is 6. The van der Waals surface area contributed by atoms with Crippen LogP contribution in [0, 0.1) is 5.82 Å². The van der Waals surface area contributed by atoms with Crippen molar-refractivity contribution in [1.82, 2.24) is 38.0 Å². The summed E-state index contributed by atoms with van der Waals surface area (Å²) in [5.41, 5.74) is 5.99. The van der Waals surface area contributed by atoms with Crippen LogP contribution in [0.1, 0.15) is 0 Å². The zero-order valence-electron chi connectivity index (χ0n) is 21.9. The van der Waals surface area contributed by atoms with E-state index in [1.165, 1.54) is 6.07 Å². The van der Waals surface area contributed by atoms with Gasteiger partial charge < -0.3 is 14.6 Å². The minimum atomic E-state index is -0.383. The Morgan fingerprint density at radius 2 is 1.85 bits per heavy atom. The zero-order chi connectivity index (χ0) is 27.0. The van der Waals surface area contributed by atoms with Gasteiger partial charge in [-0.25, -0.2) is 19.2 Å². The lowest BCUT2D eigenvalue weighted by Crippen LogP contribution is -2.40. The van der Waals surface area contributed by atoms with Crippen molar-refractivity contribution in [3.8, 4) is 28.3 Å². The Labute approximate surface area is 221 Å². The van der Waals surface area contributed by atoms with Gasteiger partial charge in [0.25, 0.3) is 0 Å². The van der Waals surface area contributed by atoms with E-state index in [9.17, 15) is 4.79 Å². The molecule has 7 rings (SSSR count). The molecule has 1 N–H and O–H groups in total. The Kier molecular flexibility index (Phi) is 5.04. The van der Waals surface area contributed by atoms with Gasteiger partial charge in [-0.05, 0) is 18.2 Å². The molecule has 0 unspecified atom stereocenters. The van der Waals surface area contributed by atoms with Crippen molar-refractivity contribution in [2.24, 2.45) is 28.2 Å². The molecule has 4 aromatic heterocycles. The van der Waals surface area contributed by atoms with E-state index in [-0.39, 0.29) is 17.5 Å². The van der Waals surface area contributed by atoms with Crippen LogP contribution in [-0.4, -0.2) is 57.3 Å². The van der Waals surface area contributed by atoms with Crippen LogP contribution < -0.4 is 11.0 Å². The Morgan fingerprint density at radius 1 is 1.03 bits per heavy atom. The summed E-state index contributed by atoms with van der Waals surface area (Å²) in [6, 6.07) is 7.31. The van der Waals surface area contributed by atoms with E-state index >= 15 is 4.39 Å². The van der Waals surface area contributed by atoms with Crippen LogP contribution in [0.5, 0.6) is 0 Å². The van der Waals surface area contributed by atoms with Crippen LogP contribution in [0.3, 0.4) is 0 Å². The fourth-order valence-corrected chi connectivity index (χ4v) is 5.30. The first kappa shape index (κ1) is 23.4. The number of hydrogen-bond donors (Lipinski definition) is 1. The Hall–Kier alpha value is -4.71. The van der Waals surface area contributed by atoms with Crippen LogP contribution in [0.4, 0.5) is 10.1 Å². The number of fused-ring (bicyclic) bond motifs is 2. The quantitative estimate of drug-likeness (QED) is 0.370. The van der Waals surface area contributed by atoms with Crippen molar-refractivity contribution in [2.45, 2.75) is 6.04 Å². The van der Waals surface area contributed by atoms with Gasteiger partial charge in [0, 0.05) is 51.6 Å². The molecule has 1 aliphatic rings. The van der Waals surface area contributed by atoms with Gasteiger partial charge in [-0.3, -0.25) is 18.4 Å². The molecular weight excluding hydrogens is 501 g/mol. The lowest BCUT2D eigenvalue weighted by atomic mass is 10.1. The third-order valence-corrected chi connectivity index (χ3v) is 7.41. The molecular formula is C27H26FN9O2. The number of anilines is 1. The molecule has 198 valence electrons. The first-order valence-corrected chi connectivity index (χ1v) is 12.5. The van der Waals surface area contributed by atoms with Gasteiger partial charge >= 0.3 is 5.69 Å². The van der Waals surface area contributed by atoms with Crippen molar-refractivity contribution in [3.63, 3.8) is 0 Å². The molecule has 0 saturated carbocycles. The molecule has 2 aromatic carbocycles. The van der Waals surface area contributed by atoms with E-state index < -0.39 is 0 Å². The Bertz CT molecular complexity index is 1970. The highest BCUT2D eigenvalue weighted by Gasteiger charge is 2.24. The number of aryl methyl sites for hydroxylation is 4. The maximum absolute atomic E-state index is 15.6. The van der Waals surface area contributed by atoms with Crippen molar-refractivity contribution in [1.29, 1.82) is 0 Å². The van der Waals surface area contributed by atoms with Crippen molar-refractivity contribution in [2.75, 3.05) is 18.5 Å². The fourth-order valence-electron chi connectivity index (χ4n) is 5.30. The monoisotopic (exact) mass is 527 g/mol. The summed E-state index contributed by atoms with van der Waals surface area (Å²) in [5, 5.41) is 7.73. The molecule has 0 bridgehead atoms. The largest absolute Gasteiger partial charge is 0.377 e. The van der Waals surface area contributed by atoms with Crippen LogP contribution in [-0.2, 0) is 32.9 Å². The normalized spacial score (nSPS) is 14.0. The van der Waals surface area contributed by atoms with Gasteiger partial charge in [-0.2, -0.15) is 5.10 Å². The van der Waals surface area contributed by atoms with Crippen molar-refractivity contribution >= 4 is 27.8 Å². The lowest BCUT2D eigenvalue weighted by Gasteiger charge is -2.28. The third-order valence-electron chi connectivity index (χ3n) is 7.41. The predicted molar refractivity (Wildman–Crippen MR) is 145 cm³/mol. The number of halogens is 1. The number of aromatic nitrogens is 8. The van der Waals surface area contributed by atoms with Gasteiger partial charge in [0.1, 0.15) is 11.5 Å². The Morgan fingerprint density at radius 3 is 2.51 bits per heavy atom. The SMILES string of the molecule is Cn1cc(-c2cc3nc(-c4cncn4C)n(-c4cc(NC5COC5)c5c(c4)n(C)c(=O)n5C)c3cc2F)cn1. The highest BCUT2D eigenvalue weighted by atomic mass is 19.1. The lowest BCUT2D eigenvalue weighted by molar-refractivity contribution is 0.0211. The summed E-state index contributed by atoms with van der Waals surface area (Å²) in [5.74, 6) is 0.220. The highest BCUT2D eigenvalue weighted by molar-refractivity contribution is 5.94. The van der Waals surface area contributed by atoms with Gasteiger partial charge in [0.2, 0.25) is 0 Å². The number of imidazole rings is 3. The average molecular weight is 528 g/mol. The minimum Gasteiger partial charge on any atom is -0.377 e. The van der Waals surface area contributed by atoms with Gasteiger partial charge in [-0.15, -0.1) is 0 Å². The number of nitrogens with zero attached hydrogens (tertiary/aromatic N) is 8. The van der Waals surface area contributed by atoms with Gasteiger partial charge in [0.15, 0.2) is 5.82 Å². The smallest absolute Gasteiger partial charge is 0.328 e. The van der Waals surface area contributed by atoms with Crippen molar-refractivity contribution in [3.05, 3.63) is 65.5 Å². The standard InChI is InChI=1S/C27H26FN9O2/c1-33-14-29-10-24(33)26-32-20-7-18(15-9-30-34(2)11-15)19(28)8-22(20)37(26)17-5-21(31-16-12-39-13-16)25-23(6-17)35(3)27(38)36(25)4/h5-11,14,16,31H,12-13H2,1-4H3.